The van der Waals surface area contributed by atoms with E-state index in [9.17, 15) is 4.39 Å². The summed E-state index contributed by atoms with van der Waals surface area (Å²) in [5.41, 5.74) is 0. The molecule has 0 bridgehead atoms. The van der Waals surface area contributed by atoms with Gasteiger partial charge in [-0.2, -0.15) is 0 Å². The zero-order chi connectivity index (χ0) is 5.98. The minimum absolute atomic E-state index is 0.274. The van der Waals surface area contributed by atoms with Crippen molar-refractivity contribution in [2.75, 3.05) is 0 Å². The molecule has 0 saturated heterocycles. The van der Waals surface area contributed by atoms with E-state index in [1.165, 1.54) is 0 Å². The van der Waals surface area contributed by atoms with Crippen molar-refractivity contribution in [2.24, 2.45) is 0 Å². The fourth-order valence-corrected chi connectivity index (χ4v) is 0.820. The summed E-state index contributed by atoms with van der Waals surface area (Å²) in [6, 6.07) is 0. The molecule has 0 aromatic heterocycles. The van der Waals surface area contributed by atoms with Gasteiger partial charge in [0.2, 0.25) is 0 Å². The molecule has 46 valence electrons. The van der Waals surface area contributed by atoms with E-state index in [0.29, 0.717) is 6.42 Å². The third-order valence-electron chi connectivity index (χ3n) is 1.25. The Morgan fingerprint density at radius 2 is 2.38 bits per heavy atom. The van der Waals surface area contributed by atoms with Gasteiger partial charge >= 0.3 is 0 Å². The average molecular weight is 116 g/mol. The number of hydrogen-bond donors (Lipinski definition) is 1. The summed E-state index contributed by atoms with van der Waals surface area (Å²) in [4.78, 5) is 0. The predicted octanol–water partition coefficient (Wildman–Crippen LogP) is 1.04. The maximum absolute atomic E-state index is 12.2. The van der Waals surface area contributed by atoms with Crippen LogP contribution in [0.25, 0.3) is 0 Å². The molecule has 1 aliphatic rings. The molecule has 1 aliphatic carbocycles. The number of alkyl halides is 1. The largest absolute Gasteiger partial charge is 0.389 e. The van der Waals surface area contributed by atoms with Gasteiger partial charge in [-0.25, -0.2) is 4.39 Å². The third-order valence-corrected chi connectivity index (χ3v) is 1.25. The van der Waals surface area contributed by atoms with Crippen molar-refractivity contribution in [1.82, 2.24) is 0 Å². The molecule has 0 amide bonds. The van der Waals surface area contributed by atoms with Gasteiger partial charge in [0.25, 0.3) is 0 Å². The van der Waals surface area contributed by atoms with Crippen LogP contribution in [-0.2, 0) is 0 Å². The van der Waals surface area contributed by atoms with Gasteiger partial charge in [-0.3, -0.25) is 0 Å². The second kappa shape index (κ2) is 2.27. The Bertz CT molecular complexity index is 101. The molecule has 1 nitrogen and oxygen atoms in total. The Kier molecular flexibility index (Phi) is 1.63. The number of aliphatic hydroxyl groups is 1. The van der Waals surface area contributed by atoms with Crippen molar-refractivity contribution in [3.63, 3.8) is 0 Å². The highest BCUT2D eigenvalue weighted by atomic mass is 19.1. The molecule has 0 spiro atoms. The molecular weight excluding hydrogens is 107 g/mol. The minimum atomic E-state index is -0.824. The lowest BCUT2D eigenvalue weighted by Gasteiger charge is -2.12. The van der Waals surface area contributed by atoms with Gasteiger partial charge in [0.05, 0.1) is 6.10 Å². The molecule has 0 fully saturated rings. The first-order valence-electron chi connectivity index (χ1n) is 2.78. The molecule has 1 N–H and O–H groups in total. The Morgan fingerprint density at radius 1 is 1.62 bits per heavy atom. The molecule has 2 atom stereocenters. The highest BCUT2D eigenvalue weighted by Crippen LogP contribution is 2.13. The zero-order valence-corrected chi connectivity index (χ0v) is 4.55. The van der Waals surface area contributed by atoms with E-state index >= 15 is 0 Å². The van der Waals surface area contributed by atoms with Crippen molar-refractivity contribution in [3.8, 4) is 0 Å². The quantitative estimate of drug-likeness (QED) is 0.469. The van der Waals surface area contributed by atoms with Crippen LogP contribution in [-0.4, -0.2) is 17.4 Å². The zero-order valence-electron chi connectivity index (χ0n) is 4.55. The predicted molar refractivity (Wildman–Crippen MR) is 29.3 cm³/mol. The highest BCUT2D eigenvalue weighted by molar-refractivity contribution is 4.96. The summed E-state index contributed by atoms with van der Waals surface area (Å²) in [7, 11) is 0. The first-order chi connectivity index (χ1) is 3.79. The molecular formula is C6H9FO. The van der Waals surface area contributed by atoms with Crippen LogP contribution in [0.5, 0.6) is 0 Å². The van der Waals surface area contributed by atoms with Crippen molar-refractivity contribution >= 4 is 0 Å². The highest BCUT2D eigenvalue weighted by Gasteiger charge is 2.13. The minimum Gasteiger partial charge on any atom is -0.389 e. The van der Waals surface area contributed by atoms with Gasteiger partial charge in [-0.1, -0.05) is 12.2 Å². The van der Waals surface area contributed by atoms with E-state index in [1.807, 2.05) is 0 Å². The molecule has 0 saturated carbocycles. The van der Waals surface area contributed by atoms with E-state index in [1.54, 1.807) is 12.2 Å². The van der Waals surface area contributed by atoms with E-state index in [2.05, 4.69) is 0 Å². The lowest BCUT2D eigenvalue weighted by molar-refractivity contribution is 0.156. The van der Waals surface area contributed by atoms with Gasteiger partial charge in [0.15, 0.2) is 0 Å². The van der Waals surface area contributed by atoms with Gasteiger partial charge < -0.3 is 5.11 Å². The van der Waals surface area contributed by atoms with E-state index in [-0.39, 0.29) is 6.42 Å². The maximum Gasteiger partial charge on any atom is 0.106 e. The SMILES string of the molecule is OC1C=CCC(F)C1. The lowest BCUT2D eigenvalue weighted by Crippen LogP contribution is -2.15. The molecule has 0 heterocycles. The summed E-state index contributed by atoms with van der Waals surface area (Å²) >= 11 is 0. The standard InChI is InChI=1S/C6H9FO/c7-5-2-1-3-6(8)4-5/h1,3,5-6,8H,2,4H2. The van der Waals surface area contributed by atoms with Crippen LogP contribution in [0.1, 0.15) is 12.8 Å². The molecule has 0 aliphatic heterocycles. The molecule has 0 radical (unpaired) electrons. The topological polar surface area (TPSA) is 20.2 Å². The fraction of sp³-hybridized carbons (Fsp3) is 0.667. The Labute approximate surface area is 47.8 Å². The summed E-state index contributed by atoms with van der Waals surface area (Å²) in [5.74, 6) is 0. The molecule has 0 aromatic rings. The molecule has 1 rings (SSSR count). The van der Waals surface area contributed by atoms with Crippen molar-refractivity contribution in [3.05, 3.63) is 12.2 Å². The van der Waals surface area contributed by atoms with Gasteiger partial charge in [-0.15, -0.1) is 0 Å². The van der Waals surface area contributed by atoms with Crippen LogP contribution in [0.2, 0.25) is 0 Å². The van der Waals surface area contributed by atoms with Crippen LogP contribution in [0.4, 0.5) is 4.39 Å². The monoisotopic (exact) mass is 116 g/mol. The Morgan fingerprint density at radius 3 is 2.75 bits per heavy atom. The summed E-state index contributed by atoms with van der Waals surface area (Å²) in [6.07, 6.45) is 2.69. The van der Waals surface area contributed by atoms with E-state index in [0.717, 1.165) is 0 Å². The maximum atomic E-state index is 12.2. The third kappa shape index (κ3) is 1.30. The van der Waals surface area contributed by atoms with Crippen molar-refractivity contribution in [2.45, 2.75) is 25.1 Å². The van der Waals surface area contributed by atoms with E-state index in [4.69, 9.17) is 5.11 Å². The number of allylic oxidation sites excluding steroid dienone is 1. The molecule has 8 heavy (non-hydrogen) atoms. The van der Waals surface area contributed by atoms with Crippen molar-refractivity contribution in [1.29, 1.82) is 0 Å². The molecule has 2 unspecified atom stereocenters. The van der Waals surface area contributed by atoms with Crippen LogP contribution in [0.3, 0.4) is 0 Å². The fourth-order valence-electron chi connectivity index (χ4n) is 0.820. The summed E-state index contributed by atoms with van der Waals surface area (Å²) in [6.45, 7) is 0. The summed E-state index contributed by atoms with van der Waals surface area (Å²) < 4.78 is 12.2. The van der Waals surface area contributed by atoms with Crippen LogP contribution in [0, 0.1) is 0 Å². The first kappa shape index (κ1) is 5.76. The summed E-state index contributed by atoms with van der Waals surface area (Å²) in [5, 5.41) is 8.75. The number of halogens is 1. The number of aliphatic hydroxyl groups excluding tert-OH is 1. The second-order valence-electron chi connectivity index (χ2n) is 2.06. The Balaban J connectivity index is 2.42. The van der Waals surface area contributed by atoms with Gasteiger partial charge in [0, 0.05) is 6.42 Å². The molecule has 2 heteroatoms. The van der Waals surface area contributed by atoms with Gasteiger partial charge in [-0.05, 0) is 6.42 Å². The number of rotatable bonds is 0. The molecule has 0 aromatic carbocycles. The normalized spacial score (nSPS) is 37.8. The van der Waals surface area contributed by atoms with Crippen LogP contribution < -0.4 is 0 Å². The first-order valence-corrected chi connectivity index (χ1v) is 2.78. The van der Waals surface area contributed by atoms with Gasteiger partial charge in [0.1, 0.15) is 6.17 Å². The lowest BCUT2D eigenvalue weighted by atomic mass is 10.0. The van der Waals surface area contributed by atoms with Crippen molar-refractivity contribution < 1.29 is 9.50 Å². The average Bonchev–Trinajstić information content (AvgIpc) is 1.64. The van der Waals surface area contributed by atoms with Crippen LogP contribution in [0.15, 0.2) is 12.2 Å². The van der Waals surface area contributed by atoms with E-state index < -0.39 is 12.3 Å². The smallest absolute Gasteiger partial charge is 0.106 e. The second-order valence-corrected chi connectivity index (χ2v) is 2.06. The number of hydrogen-bond acceptors (Lipinski definition) is 1. The Hall–Kier alpha value is -0.370. The van der Waals surface area contributed by atoms with Crippen LogP contribution >= 0.6 is 0 Å².